The highest BCUT2D eigenvalue weighted by Gasteiger charge is 2.19. The number of hydrogen-bond acceptors (Lipinski definition) is 9. The fourth-order valence-corrected chi connectivity index (χ4v) is 2.97. The van der Waals surface area contributed by atoms with Gasteiger partial charge in [-0.05, 0) is 25.6 Å². The second-order valence-electron chi connectivity index (χ2n) is 6.16. The summed E-state index contributed by atoms with van der Waals surface area (Å²) in [5, 5.41) is 7.98. The topological polar surface area (TPSA) is 97.5 Å². The molecular weight excluding hydrogens is 324 g/mol. The van der Waals surface area contributed by atoms with E-state index in [0.29, 0.717) is 24.2 Å². The normalized spacial score (nSPS) is 17.0. The molecule has 0 aliphatic carbocycles. The monoisotopic (exact) mass is 344 g/mol. The molecule has 4 rings (SSSR count). The summed E-state index contributed by atoms with van der Waals surface area (Å²) in [5.74, 6) is 2.54. The van der Waals surface area contributed by atoms with Gasteiger partial charge in [0.25, 0.3) is 0 Å². The predicted molar refractivity (Wildman–Crippen MR) is 86.2 cm³/mol. The van der Waals surface area contributed by atoms with Crippen LogP contribution in [0.25, 0.3) is 11.4 Å². The van der Waals surface area contributed by atoms with Crippen molar-refractivity contribution in [2.45, 2.75) is 26.4 Å². The lowest BCUT2D eigenvalue weighted by atomic mass is 10.3. The van der Waals surface area contributed by atoms with Crippen LogP contribution in [0.4, 0.5) is 0 Å². The first kappa shape index (κ1) is 16.0. The van der Waals surface area contributed by atoms with Gasteiger partial charge in [-0.15, -0.1) is 0 Å². The number of furan rings is 1. The van der Waals surface area contributed by atoms with Gasteiger partial charge >= 0.3 is 0 Å². The van der Waals surface area contributed by atoms with Crippen LogP contribution in [0.2, 0.25) is 0 Å². The summed E-state index contributed by atoms with van der Waals surface area (Å²) in [5.41, 5.74) is 0.826. The van der Waals surface area contributed by atoms with E-state index < -0.39 is 0 Å². The molecule has 1 saturated heterocycles. The van der Waals surface area contributed by atoms with Gasteiger partial charge in [-0.3, -0.25) is 9.80 Å². The Morgan fingerprint density at radius 3 is 2.56 bits per heavy atom. The fraction of sp³-hybridized carbons (Fsp3) is 0.500. The SMILES string of the molecule is Cc1nc(CN2CCCN(Cc3nc(-c4ccoc4)no3)CC2)no1. The Balaban J connectivity index is 1.32. The molecule has 3 aromatic rings. The lowest BCUT2D eigenvalue weighted by Crippen LogP contribution is -2.30. The smallest absolute Gasteiger partial charge is 0.241 e. The number of hydrogen-bond donors (Lipinski definition) is 0. The number of rotatable bonds is 5. The van der Waals surface area contributed by atoms with Gasteiger partial charge in [0, 0.05) is 20.0 Å². The van der Waals surface area contributed by atoms with Crippen LogP contribution in [0.5, 0.6) is 0 Å². The second-order valence-corrected chi connectivity index (χ2v) is 6.16. The molecule has 9 heteroatoms. The molecule has 0 saturated carbocycles. The minimum absolute atomic E-state index is 0.563. The molecule has 0 radical (unpaired) electrons. The van der Waals surface area contributed by atoms with Crippen molar-refractivity contribution in [2.24, 2.45) is 0 Å². The van der Waals surface area contributed by atoms with Gasteiger partial charge in [0.2, 0.25) is 17.6 Å². The Morgan fingerprint density at radius 1 is 1.00 bits per heavy atom. The lowest BCUT2D eigenvalue weighted by Gasteiger charge is -2.19. The number of aryl methyl sites for hydroxylation is 1. The summed E-state index contributed by atoms with van der Waals surface area (Å²) in [4.78, 5) is 13.4. The molecule has 4 heterocycles. The van der Waals surface area contributed by atoms with Crippen molar-refractivity contribution in [3.63, 3.8) is 0 Å². The highest BCUT2D eigenvalue weighted by molar-refractivity contribution is 5.51. The molecule has 0 bridgehead atoms. The quantitative estimate of drug-likeness (QED) is 0.685. The van der Waals surface area contributed by atoms with E-state index in [0.717, 1.165) is 50.5 Å². The van der Waals surface area contributed by atoms with Gasteiger partial charge in [0.1, 0.15) is 6.26 Å². The highest BCUT2D eigenvalue weighted by atomic mass is 16.5. The van der Waals surface area contributed by atoms with Crippen molar-refractivity contribution in [1.82, 2.24) is 30.1 Å². The maximum atomic E-state index is 5.37. The molecule has 0 aromatic carbocycles. The van der Waals surface area contributed by atoms with Crippen LogP contribution in [0.1, 0.15) is 24.0 Å². The average molecular weight is 344 g/mol. The van der Waals surface area contributed by atoms with E-state index in [1.165, 1.54) is 0 Å². The van der Waals surface area contributed by atoms with Crippen molar-refractivity contribution in [2.75, 3.05) is 26.2 Å². The van der Waals surface area contributed by atoms with Crippen molar-refractivity contribution < 1.29 is 13.5 Å². The van der Waals surface area contributed by atoms with Crippen LogP contribution in [0.15, 0.2) is 32.1 Å². The Morgan fingerprint density at radius 2 is 1.84 bits per heavy atom. The third-order valence-corrected chi connectivity index (χ3v) is 4.22. The van der Waals surface area contributed by atoms with Crippen LogP contribution in [-0.4, -0.2) is 56.3 Å². The summed E-state index contributed by atoms with van der Waals surface area (Å²) in [6, 6.07) is 1.82. The number of nitrogens with zero attached hydrogens (tertiary/aromatic N) is 6. The number of aromatic nitrogens is 4. The fourth-order valence-electron chi connectivity index (χ4n) is 2.97. The van der Waals surface area contributed by atoms with E-state index >= 15 is 0 Å². The maximum absolute atomic E-state index is 5.37. The lowest BCUT2D eigenvalue weighted by molar-refractivity contribution is 0.219. The van der Waals surface area contributed by atoms with Gasteiger partial charge < -0.3 is 13.5 Å². The molecule has 1 fully saturated rings. The van der Waals surface area contributed by atoms with Crippen molar-refractivity contribution in [3.05, 3.63) is 36.2 Å². The van der Waals surface area contributed by atoms with Gasteiger partial charge in [-0.1, -0.05) is 10.3 Å². The van der Waals surface area contributed by atoms with Gasteiger partial charge in [-0.25, -0.2) is 0 Å². The van der Waals surface area contributed by atoms with Crippen molar-refractivity contribution in [3.8, 4) is 11.4 Å². The third kappa shape index (κ3) is 3.94. The summed E-state index contributed by atoms with van der Waals surface area (Å²) in [6.45, 7) is 7.05. The molecule has 0 unspecified atom stereocenters. The molecule has 0 atom stereocenters. The van der Waals surface area contributed by atoms with Crippen LogP contribution in [-0.2, 0) is 13.1 Å². The van der Waals surface area contributed by atoms with Crippen LogP contribution in [0.3, 0.4) is 0 Å². The minimum Gasteiger partial charge on any atom is -0.472 e. The van der Waals surface area contributed by atoms with E-state index in [1.54, 1.807) is 12.5 Å². The predicted octanol–water partition coefficient (Wildman–Crippen LogP) is 1.73. The molecule has 132 valence electrons. The van der Waals surface area contributed by atoms with Gasteiger partial charge in [0.05, 0.1) is 24.9 Å². The second kappa shape index (κ2) is 7.16. The zero-order valence-electron chi connectivity index (χ0n) is 14.1. The molecule has 25 heavy (non-hydrogen) atoms. The largest absolute Gasteiger partial charge is 0.472 e. The molecule has 0 spiro atoms. The summed E-state index contributed by atoms with van der Waals surface area (Å²) in [6.07, 6.45) is 4.28. The van der Waals surface area contributed by atoms with Crippen LogP contribution in [0, 0.1) is 6.92 Å². The molecule has 9 nitrogen and oxygen atoms in total. The Labute approximate surface area is 144 Å². The zero-order valence-corrected chi connectivity index (χ0v) is 14.1. The summed E-state index contributed by atoms with van der Waals surface area (Å²) in [7, 11) is 0. The summed E-state index contributed by atoms with van der Waals surface area (Å²) < 4.78 is 15.5. The van der Waals surface area contributed by atoms with E-state index in [2.05, 4.69) is 30.1 Å². The van der Waals surface area contributed by atoms with Crippen molar-refractivity contribution in [1.29, 1.82) is 0 Å². The first-order chi connectivity index (χ1) is 12.3. The van der Waals surface area contributed by atoms with Crippen LogP contribution >= 0.6 is 0 Å². The molecule has 1 aliphatic heterocycles. The van der Waals surface area contributed by atoms with E-state index in [9.17, 15) is 0 Å². The zero-order chi connectivity index (χ0) is 17.1. The van der Waals surface area contributed by atoms with Crippen LogP contribution < -0.4 is 0 Å². The van der Waals surface area contributed by atoms with Gasteiger partial charge in [-0.2, -0.15) is 9.97 Å². The first-order valence-corrected chi connectivity index (χ1v) is 8.35. The van der Waals surface area contributed by atoms with E-state index in [-0.39, 0.29) is 0 Å². The Hall–Kier alpha value is -2.52. The first-order valence-electron chi connectivity index (χ1n) is 8.35. The Kier molecular flexibility index (Phi) is 4.57. The summed E-state index contributed by atoms with van der Waals surface area (Å²) >= 11 is 0. The Bertz CT molecular complexity index is 797. The standard InChI is InChI=1S/C16H20N6O3/c1-12-17-14(19-24-12)9-21-4-2-5-22(7-6-21)10-15-18-16(20-25-15)13-3-8-23-11-13/h3,8,11H,2,4-7,9-10H2,1H3. The molecule has 3 aromatic heterocycles. The molecular formula is C16H20N6O3. The molecule has 1 aliphatic rings. The maximum Gasteiger partial charge on any atom is 0.241 e. The average Bonchev–Trinajstić information content (AvgIpc) is 3.31. The van der Waals surface area contributed by atoms with Crippen molar-refractivity contribution >= 4 is 0 Å². The highest BCUT2D eigenvalue weighted by Crippen LogP contribution is 2.17. The van der Waals surface area contributed by atoms with E-state index in [1.807, 2.05) is 13.0 Å². The molecule has 0 amide bonds. The third-order valence-electron chi connectivity index (χ3n) is 4.22. The minimum atomic E-state index is 0.563. The van der Waals surface area contributed by atoms with E-state index in [4.69, 9.17) is 13.5 Å². The molecule has 0 N–H and O–H groups in total. The van der Waals surface area contributed by atoms with Gasteiger partial charge in [0.15, 0.2) is 5.82 Å².